The van der Waals surface area contributed by atoms with Crippen LogP contribution in [0.2, 0.25) is 0 Å². The van der Waals surface area contributed by atoms with E-state index < -0.39 is 0 Å². The highest BCUT2D eigenvalue weighted by molar-refractivity contribution is 4.80. The molecule has 0 spiro atoms. The summed E-state index contributed by atoms with van der Waals surface area (Å²) in [6, 6.07) is 0.791. The summed E-state index contributed by atoms with van der Waals surface area (Å²) in [7, 11) is 0. The first-order valence-electron chi connectivity index (χ1n) is 7.46. The molecule has 0 aliphatic carbocycles. The lowest BCUT2D eigenvalue weighted by Gasteiger charge is -2.28. The summed E-state index contributed by atoms with van der Waals surface area (Å²) in [5.74, 6) is 0. The van der Waals surface area contributed by atoms with Crippen LogP contribution in [0.1, 0.15) is 45.4 Å². The number of hydrogen-bond acceptors (Lipinski definition) is 3. The summed E-state index contributed by atoms with van der Waals surface area (Å²) < 4.78 is 5.69. The molecule has 3 nitrogen and oxygen atoms in total. The van der Waals surface area contributed by atoms with Gasteiger partial charge >= 0.3 is 0 Å². The van der Waals surface area contributed by atoms with Crippen LogP contribution in [0.15, 0.2) is 0 Å². The van der Waals surface area contributed by atoms with Crippen molar-refractivity contribution >= 4 is 0 Å². The molecule has 2 fully saturated rings. The van der Waals surface area contributed by atoms with Gasteiger partial charge in [-0.1, -0.05) is 6.92 Å². The predicted octanol–water partition coefficient (Wildman–Crippen LogP) is 2.02. The molecule has 0 aromatic heterocycles. The minimum absolute atomic E-state index is 0.570. The van der Waals surface area contributed by atoms with Crippen molar-refractivity contribution in [2.75, 3.05) is 32.8 Å². The van der Waals surface area contributed by atoms with Crippen LogP contribution in [-0.4, -0.2) is 49.8 Å². The number of rotatable bonds is 7. The molecule has 2 rings (SSSR count). The Morgan fingerprint density at radius 2 is 2.24 bits per heavy atom. The van der Waals surface area contributed by atoms with Crippen LogP contribution < -0.4 is 5.32 Å². The minimum atomic E-state index is 0.570. The van der Waals surface area contributed by atoms with Gasteiger partial charge < -0.3 is 10.1 Å². The van der Waals surface area contributed by atoms with E-state index in [2.05, 4.69) is 17.1 Å². The summed E-state index contributed by atoms with van der Waals surface area (Å²) in [6.45, 7) is 8.21. The zero-order chi connectivity index (χ0) is 11.9. The van der Waals surface area contributed by atoms with E-state index in [0.717, 1.165) is 12.6 Å². The summed E-state index contributed by atoms with van der Waals surface area (Å²) in [4.78, 5) is 2.69. The van der Waals surface area contributed by atoms with E-state index in [1.54, 1.807) is 0 Å². The Kier molecular flexibility index (Phi) is 5.75. The van der Waals surface area contributed by atoms with Crippen LogP contribution in [0.3, 0.4) is 0 Å². The lowest BCUT2D eigenvalue weighted by molar-refractivity contribution is 0.0963. The lowest BCUT2D eigenvalue weighted by Crippen LogP contribution is -2.38. The predicted molar refractivity (Wildman–Crippen MR) is 71.3 cm³/mol. The third-order valence-corrected chi connectivity index (χ3v) is 4.06. The fraction of sp³-hybridized carbons (Fsp3) is 1.00. The maximum Gasteiger partial charge on any atom is 0.0576 e. The van der Waals surface area contributed by atoms with Crippen LogP contribution in [0, 0.1) is 0 Å². The smallest absolute Gasteiger partial charge is 0.0576 e. The molecule has 0 aromatic carbocycles. The summed E-state index contributed by atoms with van der Waals surface area (Å²) in [5.41, 5.74) is 0. The minimum Gasteiger partial charge on any atom is -0.378 e. The third kappa shape index (κ3) is 4.23. The van der Waals surface area contributed by atoms with Crippen molar-refractivity contribution in [1.82, 2.24) is 10.2 Å². The van der Waals surface area contributed by atoms with E-state index in [1.165, 1.54) is 64.7 Å². The van der Waals surface area contributed by atoms with E-state index in [4.69, 9.17) is 4.74 Å². The molecular formula is C14H28N2O. The van der Waals surface area contributed by atoms with E-state index >= 15 is 0 Å². The molecule has 2 atom stereocenters. The van der Waals surface area contributed by atoms with E-state index in [-0.39, 0.29) is 0 Å². The summed E-state index contributed by atoms with van der Waals surface area (Å²) >= 11 is 0. The topological polar surface area (TPSA) is 24.5 Å². The van der Waals surface area contributed by atoms with Gasteiger partial charge in [0.05, 0.1) is 6.10 Å². The van der Waals surface area contributed by atoms with Gasteiger partial charge in [0.15, 0.2) is 0 Å². The molecule has 3 heteroatoms. The van der Waals surface area contributed by atoms with Gasteiger partial charge in [-0.2, -0.15) is 0 Å². The molecule has 0 radical (unpaired) electrons. The van der Waals surface area contributed by atoms with Crippen LogP contribution in [0.25, 0.3) is 0 Å². The Morgan fingerprint density at radius 3 is 2.88 bits per heavy atom. The molecule has 0 saturated carbocycles. The molecule has 2 heterocycles. The molecule has 1 N–H and O–H groups in total. The first kappa shape index (κ1) is 13.3. The van der Waals surface area contributed by atoms with Gasteiger partial charge in [-0.05, 0) is 58.2 Å². The Hall–Kier alpha value is -0.120. The van der Waals surface area contributed by atoms with Crippen LogP contribution in [-0.2, 0) is 4.74 Å². The van der Waals surface area contributed by atoms with Crippen molar-refractivity contribution in [2.24, 2.45) is 0 Å². The Labute approximate surface area is 106 Å². The largest absolute Gasteiger partial charge is 0.378 e. The number of nitrogens with one attached hydrogen (secondary N) is 1. The molecule has 0 amide bonds. The Bertz CT molecular complexity index is 198. The van der Waals surface area contributed by atoms with Gasteiger partial charge in [0.2, 0.25) is 0 Å². The monoisotopic (exact) mass is 240 g/mol. The standard InChI is InChI=1S/C14H28N2O/c1-2-9-16(13-7-8-15-12-13)10-3-5-14-6-4-11-17-14/h13-15H,2-12H2,1H3. The fourth-order valence-corrected chi connectivity index (χ4v) is 3.11. The quantitative estimate of drug-likeness (QED) is 0.737. The number of nitrogens with zero attached hydrogens (tertiary/aromatic N) is 1. The van der Waals surface area contributed by atoms with Crippen molar-refractivity contribution in [3.63, 3.8) is 0 Å². The van der Waals surface area contributed by atoms with Crippen LogP contribution in [0.4, 0.5) is 0 Å². The third-order valence-electron chi connectivity index (χ3n) is 4.06. The molecule has 0 aromatic rings. The second-order valence-corrected chi connectivity index (χ2v) is 5.46. The van der Waals surface area contributed by atoms with Gasteiger partial charge in [-0.25, -0.2) is 0 Å². The highest BCUT2D eigenvalue weighted by Crippen LogP contribution is 2.18. The molecular weight excluding hydrogens is 212 g/mol. The van der Waals surface area contributed by atoms with Crippen molar-refractivity contribution in [3.8, 4) is 0 Å². The summed E-state index contributed by atoms with van der Waals surface area (Å²) in [6.07, 6.45) is 8.31. The number of ether oxygens (including phenoxy) is 1. The lowest BCUT2D eigenvalue weighted by atomic mass is 10.1. The first-order chi connectivity index (χ1) is 8.40. The fourth-order valence-electron chi connectivity index (χ4n) is 3.11. The molecule has 2 unspecified atom stereocenters. The van der Waals surface area contributed by atoms with Gasteiger partial charge in [0.1, 0.15) is 0 Å². The second-order valence-electron chi connectivity index (χ2n) is 5.46. The number of hydrogen-bond donors (Lipinski definition) is 1. The zero-order valence-electron chi connectivity index (χ0n) is 11.3. The first-order valence-corrected chi connectivity index (χ1v) is 7.46. The van der Waals surface area contributed by atoms with Crippen molar-refractivity contribution in [3.05, 3.63) is 0 Å². The van der Waals surface area contributed by atoms with E-state index in [0.29, 0.717) is 6.10 Å². The SMILES string of the molecule is CCCN(CCCC1CCCO1)C1CCNC1. The highest BCUT2D eigenvalue weighted by Gasteiger charge is 2.22. The Balaban J connectivity index is 1.65. The van der Waals surface area contributed by atoms with E-state index in [1.807, 2.05) is 0 Å². The van der Waals surface area contributed by atoms with Gasteiger partial charge in [0, 0.05) is 19.2 Å². The van der Waals surface area contributed by atoms with Crippen molar-refractivity contribution < 1.29 is 4.74 Å². The van der Waals surface area contributed by atoms with E-state index in [9.17, 15) is 0 Å². The molecule has 100 valence electrons. The zero-order valence-corrected chi connectivity index (χ0v) is 11.3. The maximum absolute atomic E-state index is 5.69. The Morgan fingerprint density at radius 1 is 1.29 bits per heavy atom. The highest BCUT2D eigenvalue weighted by atomic mass is 16.5. The molecule has 2 aliphatic heterocycles. The summed E-state index contributed by atoms with van der Waals surface area (Å²) in [5, 5.41) is 3.48. The van der Waals surface area contributed by atoms with Crippen molar-refractivity contribution in [2.45, 2.75) is 57.6 Å². The molecule has 17 heavy (non-hydrogen) atoms. The van der Waals surface area contributed by atoms with Gasteiger partial charge in [-0.15, -0.1) is 0 Å². The van der Waals surface area contributed by atoms with Crippen molar-refractivity contribution in [1.29, 1.82) is 0 Å². The average molecular weight is 240 g/mol. The average Bonchev–Trinajstić information content (AvgIpc) is 3.01. The molecule has 2 aliphatic rings. The second kappa shape index (κ2) is 7.34. The molecule has 2 saturated heterocycles. The van der Waals surface area contributed by atoms with Gasteiger partial charge in [-0.3, -0.25) is 4.90 Å². The maximum atomic E-state index is 5.69. The normalized spacial score (nSPS) is 29.3. The van der Waals surface area contributed by atoms with Crippen LogP contribution >= 0.6 is 0 Å². The van der Waals surface area contributed by atoms with Gasteiger partial charge in [0.25, 0.3) is 0 Å². The molecule has 0 bridgehead atoms. The van der Waals surface area contributed by atoms with Crippen LogP contribution in [0.5, 0.6) is 0 Å².